The van der Waals surface area contributed by atoms with Gasteiger partial charge in [0.1, 0.15) is 0 Å². The third-order valence-corrected chi connectivity index (χ3v) is 3.58. The smallest absolute Gasteiger partial charge is 0.227 e. The highest BCUT2D eigenvalue weighted by molar-refractivity contribution is 5.82. The van der Waals surface area contributed by atoms with Gasteiger partial charge in [-0.1, -0.05) is 13.3 Å². The van der Waals surface area contributed by atoms with Gasteiger partial charge in [-0.25, -0.2) is 0 Å². The summed E-state index contributed by atoms with van der Waals surface area (Å²) in [5.74, 6) is 0.542. The zero-order valence-electron chi connectivity index (χ0n) is 10.4. The summed E-state index contributed by atoms with van der Waals surface area (Å²) in [5.41, 5.74) is -0.239. The predicted octanol–water partition coefficient (Wildman–Crippen LogP) is 0.511. The lowest BCUT2D eigenvalue weighted by Gasteiger charge is -2.23. The molecule has 0 spiro atoms. The summed E-state index contributed by atoms with van der Waals surface area (Å²) in [6.07, 6.45) is 2.68. The van der Waals surface area contributed by atoms with Crippen LogP contribution >= 0.6 is 0 Å². The van der Waals surface area contributed by atoms with E-state index >= 15 is 0 Å². The molecule has 0 aromatic heterocycles. The second-order valence-electron chi connectivity index (χ2n) is 4.98. The van der Waals surface area contributed by atoms with Gasteiger partial charge in [0.25, 0.3) is 0 Å². The molecule has 4 heteroatoms. The van der Waals surface area contributed by atoms with E-state index in [0.717, 1.165) is 32.4 Å². The standard InChI is InChI=1S/C12H24N2O2/c1-3-10(4-7-15)8-14-11(16)12(2)5-6-13-9-12/h10,13,15H,3-9H2,1-2H3,(H,14,16). The first-order chi connectivity index (χ1) is 7.62. The van der Waals surface area contributed by atoms with Crippen molar-refractivity contribution in [3.8, 4) is 0 Å². The lowest BCUT2D eigenvalue weighted by Crippen LogP contribution is -2.42. The lowest BCUT2D eigenvalue weighted by atomic mass is 9.88. The molecule has 1 aliphatic rings. The molecule has 1 saturated heterocycles. The average molecular weight is 228 g/mol. The molecule has 0 radical (unpaired) electrons. The summed E-state index contributed by atoms with van der Waals surface area (Å²) in [7, 11) is 0. The largest absolute Gasteiger partial charge is 0.396 e. The van der Waals surface area contributed by atoms with Crippen LogP contribution in [-0.2, 0) is 4.79 Å². The molecule has 0 bridgehead atoms. The van der Waals surface area contributed by atoms with E-state index in [4.69, 9.17) is 5.11 Å². The summed E-state index contributed by atoms with van der Waals surface area (Å²) in [5, 5.41) is 15.1. The summed E-state index contributed by atoms with van der Waals surface area (Å²) in [4.78, 5) is 12.0. The molecule has 0 aliphatic carbocycles. The number of rotatable bonds is 6. The SMILES string of the molecule is CCC(CCO)CNC(=O)C1(C)CCNC1. The Morgan fingerprint density at radius 2 is 2.38 bits per heavy atom. The minimum Gasteiger partial charge on any atom is -0.396 e. The molecule has 4 nitrogen and oxygen atoms in total. The number of hydrogen-bond acceptors (Lipinski definition) is 3. The molecule has 2 atom stereocenters. The van der Waals surface area contributed by atoms with E-state index in [1.165, 1.54) is 0 Å². The molecule has 0 aromatic carbocycles. The van der Waals surface area contributed by atoms with Gasteiger partial charge in [0, 0.05) is 19.7 Å². The third-order valence-electron chi connectivity index (χ3n) is 3.58. The Bertz CT molecular complexity index is 225. The number of hydrogen-bond donors (Lipinski definition) is 3. The second-order valence-corrected chi connectivity index (χ2v) is 4.98. The Balaban J connectivity index is 2.33. The zero-order valence-corrected chi connectivity index (χ0v) is 10.4. The normalized spacial score (nSPS) is 26.7. The summed E-state index contributed by atoms with van der Waals surface area (Å²) in [6.45, 7) is 6.69. The van der Waals surface area contributed by atoms with Crippen LogP contribution in [0.4, 0.5) is 0 Å². The van der Waals surface area contributed by atoms with Crippen molar-refractivity contribution in [2.75, 3.05) is 26.2 Å². The Morgan fingerprint density at radius 3 is 2.88 bits per heavy atom. The molecule has 2 unspecified atom stereocenters. The van der Waals surface area contributed by atoms with Gasteiger partial charge in [0.2, 0.25) is 5.91 Å². The monoisotopic (exact) mass is 228 g/mol. The molecular weight excluding hydrogens is 204 g/mol. The summed E-state index contributed by atoms with van der Waals surface area (Å²) < 4.78 is 0. The van der Waals surface area contributed by atoms with Crippen LogP contribution in [-0.4, -0.2) is 37.3 Å². The van der Waals surface area contributed by atoms with Crippen molar-refractivity contribution in [3.63, 3.8) is 0 Å². The molecule has 1 aliphatic heterocycles. The summed E-state index contributed by atoms with van der Waals surface area (Å²) in [6, 6.07) is 0. The van der Waals surface area contributed by atoms with Crippen molar-refractivity contribution in [3.05, 3.63) is 0 Å². The van der Waals surface area contributed by atoms with Crippen molar-refractivity contribution in [1.82, 2.24) is 10.6 Å². The molecule has 1 amide bonds. The predicted molar refractivity (Wildman–Crippen MR) is 64.1 cm³/mol. The minimum atomic E-state index is -0.239. The highest BCUT2D eigenvalue weighted by Crippen LogP contribution is 2.24. The molecule has 1 rings (SSSR count). The molecule has 0 saturated carbocycles. The van der Waals surface area contributed by atoms with Gasteiger partial charge in [-0.05, 0) is 32.2 Å². The van der Waals surface area contributed by atoms with Crippen LogP contribution in [0.1, 0.15) is 33.1 Å². The minimum absolute atomic E-state index is 0.147. The van der Waals surface area contributed by atoms with Crippen LogP contribution in [0.25, 0.3) is 0 Å². The fourth-order valence-electron chi connectivity index (χ4n) is 2.09. The van der Waals surface area contributed by atoms with E-state index in [9.17, 15) is 4.79 Å². The van der Waals surface area contributed by atoms with Gasteiger partial charge in [-0.15, -0.1) is 0 Å². The van der Waals surface area contributed by atoms with E-state index < -0.39 is 0 Å². The molecular formula is C12H24N2O2. The van der Waals surface area contributed by atoms with Crippen LogP contribution in [0, 0.1) is 11.3 Å². The maximum atomic E-state index is 12.0. The van der Waals surface area contributed by atoms with Crippen molar-refractivity contribution in [2.45, 2.75) is 33.1 Å². The number of aliphatic hydroxyl groups excluding tert-OH is 1. The third kappa shape index (κ3) is 3.46. The number of nitrogens with one attached hydrogen (secondary N) is 2. The average Bonchev–Trinajstić information content (AvgIpc) is 2.72. The highest BCUT2D eigenvalue weighted by atomic mass is 16.3. The van der Waals surface area contributed by atoms with Gasteiger partial charge in [-0.2, -0.15) is 0 Å². The van der Waals surface area contributed by atoms with Gasteiger partial charge < -0.3 is 15.7 Å². The topological polar surface area (TPSA) is 61.4 Å². The van der Waals surface area contributed by atoms with Gasteiger partial charge in [-0.3, -0.25) is 4.79 Å². The first-order valence-electron chi connectivity index (χ1n) is 6.22. The first-order valence-corrected chi connectivity index (χ1v) is 6.22. The van der Waals surface area contributed by atoms with E-state index in [1.807, 2.05) is 6.92 Å². The number of carbonyl (C=O) groups excluding carboxylic acids is 1. The maximum Gasteiger partial charge on any atom is 0.227 e. The van der Waals surface area contributed by atoms with Crippen LogP contribution in [0.2, 0.25) is 0 Å². The number of amides is 1. The Hall–Kier alpha value is -0.610. The lowest BCUT2D eigenvalue weighted by molar-refractivity contribution is -0.129. The number of aliphatic hydroxyl groups is 1. The van der Waals surface area contributed by atoms with E-state index in [1.54, 1.807) is 0 Å². The Kier molecular flexibility index (Phi) is 5.22. The van der Waals surface area contributed by atoms with Crippen LogP contribution < -0.4 is 10.6 Å². The molecule has 3 N–H and O–H groups in total. The van der Waals surface area contributed by atoms with Crippen molar-refractivity contribution in [1.29, 1.82) is 0 Å². The molecule has 0 aromatic rings. The molecule has 16 heavy (non-hydrogen) atoms. The zero-order chi connectivity index (χ0) is 12.0. The highest BCUT2D eigenvalue weighted by Gasteiger charge is 2.36. The van der Waals surface area contributed by atoms with Crippen molar-refractivity contribution < 1.29 is 9.90 Å². The van der Waals surface area contributed by atoms with E-state index in [2.05, 4.69) is 17.6 Å². The summed E-state index contributed by atoms with van der Waals surface area (Å²) >= 11 is 0. The second kappa shape index (κ2) is 6.21. The van der Waals surface area contributed by atoms with E-state index in [0.29, 0.717) is 12.5 Å². The van der Waals surface area contributed by atoms with Gasteiger partial charge in [0.15, 0.2) is 0 Å². The molecule has 94 valence electrons. The maximum absolute atomic E-state index is 12.0. The van der Waals surface area contributed by atoms with Crippen LogP contribution in [0.3, 0.4) is 0 Å². The van der Waals surface area contributed by atoms with Crippen molar-refractivity contribution in [2.24, 2.45) is 11.3 Å². The molecule has 1 fully saturated rings. The number of carbonyl (C=O) groups is 1. The Morgan fingerprint density at radius 1 is 1.62 bits per heavy atom. The first kappa shape index (κ1) is 13.5. The van der Waals surface area contributed by atoms with Crippen molar-refractivity contribution >= 4 is 5.91 Å². The van der Waals surface area contributed by atoms with Crippen LogP contribution in [0.5, 0.6) is 0 Å². The quantitative estimate of drug-likeness (QED) is 0.621. The fourth-order valence-corrected chi connectivity index (χ4v) is 2.09. The fraction of sp³-hybridized carbons (Fsp3) is 0.917. The van der Waals surface area contributed by atoms with E-state index in [-0.39, 0.29) is 17.9 Å². The van der Waals surface area contributed by atoms with Crippen LogP contribution in [0.15, 0.2) is 0 Å². The molecule has 1 heterocycles. The van der Waals surface area contributed by atoms with Gasteiger partial charge >= 0.3 is 0 Å². The van der Waals surface area contributed by atoms with Gasteiger partial charge in [0.05, 0.1) is 5.41 Å². The Labute approximate surface area is 97.8 Å².